The zero-order valence-electron chi connectivity index (χ0n) is 17.3. The predicted molar refractivity (Wildman–Crippen MR) is 113 cm³/mol. The van der Waals surface area contributed by atoms with Crippen LogP contribution in [0.2, 0.25) is 0 Å². The van der Waals surface area contributed by atoms with E-state index < -0.39 is 11.7 Å². The van der Waals surface area contributed by atoms with Crippen LogP contribution < -0.4 is 15.8 Å². The molecular weight excluding hydrogens is 370 g/mol. The van der Waals surface area contributed by atoms with E-state index in [1.807, 2.05) is 26.2 Å². The molecule has 3 heterocycles. The van der Waals surface area contributed by atoms with Crippen LogP contribution in [-0.2, 0) is 11.3 Å². The summed E-state index contributed by atoms with van der Waals surface area (Å²) in [6.07, 6.45) is 2.88. The fourth-order valence-electron chi connectivity index (χ4n) is 2.76. The maximum absolute atomic E-state index is 12.7. The summed E-state index contributed by atoms with van der Waals surface area (Å²) in [7, 11) is 3.65. The number of anilines is 1. The van der Waals surface area contributed by atoms with Crippen LogP contribution in [0.25, 0.3) is 16.7 Å². The number of rotatable bonds is 4. The van der Waals surface area contributed by atoms with E-state index in [9.17, 15) is 9.59 Å². The van der Waals surface area contributed by atoms with Crippen molar-refractivity contribution in [2.45, 2.75) is 32.9 Å². The van der Waals surface area contributed by atoms with Gasteiger partial charge in [-0.15, -0.1) is 0 Å². The first-order valence-corrected chi connectivity index (χ1v) is 9.26. The van der Waals surface area contributed by atoms with Crippen LogP contribution in [0.5, 0.6) is 0 Å². The highest BCUT2D eigenvalue weighted by Crippen LogP contribution is 2.15. The van der Waals surface area contributed by atoms with Gasteiger partial charge in [0.05, 0.1) is 17.8 Å². The molecule has 0 saturated carbocycles. The molecule has 8 nitrogen and oxygen atoms in total. The monoisotopic (exact) mass is 395 g/mol. The lowest BCUT2D eigenvalue weighted by Gasteiger charge is -2.19. The fraction of sp³-hybridized carbons (Fsp3) is 0.333. The Morgan fingerprint density at radius 1 is 1.24 bits per heavy atom. The molecule has 1 amide bonds. The Labute approximate surface area is 169 Å². The molecular formula is C21H25N5O3. The Morgan fingerprint density at radius 2 is 2.00 bits per heavy atom. The maximum atomic E-state index is 12.7. The molecule has 1 N–H and O–H groups in total. The number of carbonyl (C=O) groups is 1. The summed E-state index contributed by atoms with van der Waals surface area (Å²) in [6, 6.07) is 9.01. The quantitative estimate of drug-likeness (QED) is 0.731. The van der Waals surface area contributed by atoms with Gasteiger partial charge in [-0.25, -0.2) is 9.78 Å². The Hall–Kier alpha value is -3.42. The number of pyridine rings is 3. The van der Waals surface area contributed by atoms with Crippen molar-refractivity contribution >= 4 is 22.7 Å². The van der Waals surface area contributed by atoms with E-state index in [1.54, 1.807) is 56.3 Å². The second-order valence-corrected chi connectivity index (χ2v) is 7.86. The maximum Gasteiger partial charge on any atom is 0.407 e. The van der Waals surface area contributed by atoms with E-state index in [0.717, 1.165) is 5.39 Å². The molecule has 29 heavy (non-hydrogen) atoms. The van der Waals surface area contributed by atoms with Crippen molar-refractivity contribution in [2.75, 3.05) is 19.0 Å². The lowest BCUT2D eigenvalue weighted by molar-refractivity contribution is 0.0523. The summed E-state index contributed by atoms with van der Waals surface area (Å²) in [6.45, 7) is 5.63. The molecule has 152 valence electrons. The molecule has 0 radical (unpaired) electrons. The average molecular weight is 395 g/mol. The number of ether oxygens (including phenoxy) is 1. The molecule has 3 rings (SSSR count). The van der Waals surface area contributed by atoms with Gasteiger partial charge >= 0.3 is 6.09 Å². The predicted octanol–water partition coefficient (Wildman–Crippen LogP) is 2.87. The number of fused-ring (bicyclic) bond motifs is 1. The Bertz CT molecular complexity index is 1100. The second kappa shape index (κ2) is 7.90. The Kier molecular flexibility index (Phi) is 5.54. The lowest BCUT2D eigenvalue weighted by atomic mass is 10.2. The summed E-state index contributed by atoms with van der Waals surface area (Å²) in [5.74, 6) is 0.517. The third-order valence-electron chi connectivity index (χ3n) is 4.08. The van der Waals surface area contributed by atoms with Crippen molar-refractivity contribution in [3.05, 3.63) is 58.8 Å². The molecule has 0 aliphatic heterocycles. The molecule has 0 atom stereocenters. The highest BCUT2D eigenvalue weighted by Gasteiger charge is 2.16. The third-order valence-corrected chi connectivity index (χ3v) is 4.08. The molecule has 8 heteroatoms. The van der Waals surface area contributed by atoms with Gasteiger partial charge in [-0.05, 0) is 51.1 Å². The summed E-state index contributed by atoms with van der Waals surface area (Å²) in [5.41, 5.74) is 1.19. The van der Waals surface area contributed by atoms with E-state index in [-0.39, 0.29) is 12.1 Å². The minimum atomic E-state index is -0.564. The smallest absolute Gasteiger partial charge is 0.407 e. The molecule has 0 spiro atoms. The van der Waals surface area contributed by atoms with Crippen molar-refractivity contribution in [1.82, 2.24) is 19.9 Å². The van der Waals surface area contributed by atoms with Crippen LogP contribution in [0.15, 0.2) is 47.5 Å². The minimum Gasteiger partial charge on any atom is -0.444 e. The number of aromatic nitrogens is 3. The highest BCUT2D eigenvalue weighted by atomic mass is 16.6. The van der Waals surface area contributed by atoms with Gasteiger partial charge < -0.3 is 15.0 Å². The first kappa shape index (κ1) is 20.3. The van der Waals surface area contributed by atoms with E-state index in [2.05, 4.69) is 15.3 Å². The van der Waals surface area contributed by atoms with Crippen LogP contribution in [0.4, 0.5) is 10.5 Å². The first-order valence-electron chi connectivity index (χ1n) is 9.26. The normalized spacial score (nSPS) is 11.3. The second-order valence-electron chi connectivity index (χ2n) is 7.86. The van der Waals surface area contributed by atoms with Gasteiger partial charge in [-0.2, -0.15) is 0 Å². The van der Waals surface area contributed by atoms with Crippen molar-refractivity contribution in [3.8, 4) is 5.82 Å². The molecule has 0 aromatic carbocycles. The molecule has 0 aliphatic rings. The van der Waals surface area contributed by atoms with Crippen LogP contribution in [0.3, 0.4) is 0 Å². The topological polar surface area (TPSA) is 89.3 Å². The summed E-state index contributed by atoms with van der Waals surface area (Å²) in [4.78, 5) is 35.3. The number of nitrogens with zero attached hydrogens (tertiary/aromatic N) is 4. The van der Waals surface area contributed by atoms with Gasteiger partial charge in [-0.3, -0.25) is 14.3 Å². The van der Waals surface area contributed by atoms with Gasteiger partial charge in [0.25, 0.3) is 5.56 Å². The first-order chi connectivity index (χ1) is 13.6. The highest BCUT2D eigenvalue weighted by molar-refractivity contribution is 5.79. The number of hydrogen-bond acceptors (Lipinski definition) is 6. The van der Waals surface area contributed by atoms with Gasteiger partial charge in [0.15, 0.2) is 0 Å². The van der Waals surface area contributed by atoms with Crippen LogP contribution in [0, 0.1) is 0 Å². The number of carbonyl (C=O) groups excluding carboxylic acids is 1. The van der Waals surface area contributed by atoms with Gasteiger partial charge in [0.2, 0.25) is 0 Å². The van der Waals surface area contributed by atoms with Gasteiger partial charge in [0, 0.05) is 31.9 Å². The van der Waals surface area contributed by atoms with E-state index in [0.29, 0.717) is 22.7 Å². The zero-order chi connectivity index (χ0) is 21.2. The molecule has 3 aromatic rings. The lowest BCUT2D eigenvalue weighted by Crippen LogP contribution is -2.32. The average Bonchev–Trinajstić information content (AvgIpc) is 2.64. The number of alkyl carbamates (subject to hydrolysis) is 1. The Morgan fingerprint density at radius 3 is 2.69 bits per heavy atom. The molecule has 3 aromatic heterocycles. The molecule has 0 bridgehead atoms. The molecule has 0 fully saturated rings. The van der Waals surface area contributed by atoms with Crippen LogP contribution in [-0.4, -0.2) is 40.3 Å². The van der Waals surface area contributed by atoms with Crippen LogP contribution >= 0.6 is 0 Å². The minimum absolute atomic E-state index is 0.148. The molecule has 0 aliphatic carbocycles. The van der Waals surface area contributed by atoms with Gasteiger partial charge in [0.1, 0.15) is 17.1 Å². The van der Waals surface area contributed by atoms with E-state index in [4.69, 9.17) is 4.74 Å². The SMILES string of the molecule is CN(C)c1cccn(-c2ccc3cnc(CNC(=O)OC(C)(C)C)cc3n2)c1=O. The summed E-state index contributed by atoms with van der Waals surface area (Å²) in [5, 5.41) is 3.52. The molecule has 0 saturated heterocycles. The van der Waals surface area contributed by atoms with Crippen molar-refractivity contribution in [1.29, 1.82) is 0 Å². The standard InChI is InChI=1S/C21H25N5O3/c1-21(2,3)29-20(28)23-13-15-11-16-14(12-22-15)8-9-18(24-16)26-10-6-7-17(19(26)27)25(4)5/h6-12H,13H2,1-5H3,(H,23,28). The summed E-state index contributed by atoms with van der Waals surface area (Å²) < 4.78 is 6.74. The van der Waals surface area contributed by atoms with E-state index in [1.165, 1.54) is 4.57 Å². The van der Waals surface area contributed by atoms with Gasteiger partial charge in [-0.1, -0.05) is 0 Å². The summed E-state index contributed by atoms with van der Waals surface area (Å²) >= 11 is 0. The molecule has 0 unspecified atom stereocenters. The number of hydrogen-bond donors (Lipinski definition) is 1. The largest absolute Gasteiger partial charge is 0.444 e. The third kappa shape index (κ3) is 4.90. The number of nitrogens with one attached hydrogen (secondary N) is 1. The van der Waals surface area contributed by atoms with Crippen LogP contribution in [0.1, 0.15) is 26.5 Å². The van der Waals surface area contributed by atoms with Crippen molar-refractivity contribution in [3.63, 3.8) is 0 Å². The Balaban J connectivity index is 1.88. The number of amides is 1. The fourth-order valence-corrected chi connectivity index (χ4v) is 2.76. The van der Waals surface area contributed by atoms with E-state index >= 15 is 0 Å². The van der Waals surface area contributed by atoms with Crippen molar-refractivity contribution in [2.24, 2.45) is 0 Å². The van der Waals surface area contributed by atoms with Crippen molar-refractivity contribution < 1.29 is 9.53 Å². The zero-order valence-corrected chi connectivity index (χ0v) is 17.3.